The SMILES string of the molecule is COc1cc(C(=O)O)cc(C(=O)Nc2cccc(N3C(=O)CCC3C)c2)c1. The van der Waals surface area contributed by atoms with E-state index < -0.39 is 11.9 Å². The zero-order valence-corrected chi connectivity index (χ0v) is 15.1. The smallest absolute Gasteiger partial charge is 0.335 e. The summed E-state index contributed by atoms with van der Waals surface area (Å²) >= 11 is 0. The second-order valence-corrected chi connectivity index (χ2v) is 6.41. The molecule has 0 radical (unpaired) electrons. The number of carboxylic acids is 1. The van der Waals surface area contributed by atoms with Crippen molar-refractivity contribution in [2.24, 2.45) is 0 Å². The van der Waals surface area contributed by atoms with Crippen LogP contribution in [0.1, 0.15) is 40.5 Å². The molecule has 1 aliphatic rings. The number of carbonyl (C=O) groups excluding carboxylic acids is 2. The molecule has 0 aliphatic carbocycles. The van der Waals surface area contributed by atoms with Crippen LogP contribution in [-0.2, 0) is 4.79 Å². The fraction of sp³-hybridized carbons (Fsp3) is 0.250. The van der Waals surface area contributed by atoms with Crippen LogP contribution < -0.4 is 15.0 Å². The second-order valence-electron chi connectivity index (χ2n) is 6.41. The Morgan fingerprint density at radius 3 is 2.56 bits per heavy atom. The summed E-state index contributed by atoms with van der Waals surface area (Å²) in [4.78, 5) is 37.6. The molecular formula is C20H20N2O5. The molecule has 0 saturated carbocycles. The highest BCUT2D eigenvalue weighted by molar-refractivity contribution is 6.06. The summed E-state index contributed by atoms with van der Waals surface area (Å²) in [7, 11) is 1.40. The molecule has 0 spiro atoms. The molecular weight excluding hydrogens is 348 g/mol. The fourth-order valence-electron chi connectivity index (χ4n) is 3.13. The summed E-state index contributed by atoms with van der Waals surface area (Å²) in [5.41, 5.74) is 1.37. The Kier molecular flexibility index (Phi) is 5.12. The number of aromatic carboxylic acids is 1. The van der Waals surface area contributed by atoms with Gasteiger partial charge >= 0.3 is 5.97 Å². The molecule has 0 aromatic heterocycles. The van der Waals surface area contributed by atoms with Crippen LogP contribution in [0.2, 0.25) is 0 Å². The number of rotatable bonds is 5. The van der Waals surface area contributed by atoms with Gasteiger partial charge in [-0.3, -0.25) is 9.59 Å². The number of amides is 2. The van der Waals surface area contributed by atoms with Crippen molar-refractivity contribution in [1.82, 2.24) is 0 Å². The Bertz CT molecular complexity index is 909. The van der Waals surface area contributed by atoms with Gasteiger partial charge in [0, 0.05) is 29.4 Å². The van der Waals surface area contributed by atoms with E-state index in [0.717, 1.165) is 12.1 Å². The number of anilines is 2. The third-order valence-electron chi connectivity index (χ3n) is 4.52. The Morgan fingerprint density at radius 1 is 1.19 bits per heavy atom. The Labute approximate surface area is 156 Å². The van der Waals surface area contributed by atoms with Gasteiger partial charge < -0.3 is 20.1 Å². The number of benzene rings is 2. The van der Waals surface area contributed by atoms with Gasteiger partial charge in [0.15, 0.2) is 0 Å². The van der Waals surface area contributed by atoms with Gasteiger partial charge in [-0.15, -0.1) is 0 Å². The van der Waals surface area contributed by atoms with E-state index in [2.05, 4.69) is 5.32 Å². The number of ether oxygens (including phenoxy) is 1. The van der Waals surface area contributed by atoms with Gasteiger partial charge in [-0.25, -0.2) is 4.79 Å². The van der Waals surface area contributed by atoms with Gasteiger partial charge in [0.25, 0.3) is 5.91 Å². The maximum atomic E-state index is 12.6. The zero-order chi connectivity index (χ0) is 19.6. The van der Waals surface area contributed by atoms with E-state index >= 15 is 0 Å². The van der Waals surface area contributed by atoms with Crippen molar-refractivity contribution in [2.75, 3.05) is 17.3 Å². The molecule has 1 atom stereocenters. The summed E-state index contributed by atoms with van der Waals surface area (Å²) in [5.74, 6) is -1.27. The predicted octanol–water partition coefficient (Wildman–Crippen LogP) is 3.16. The van der Waals surface area contributed by atoms with E-state index in [4.69, 9.17) is 4.74 Å². The van der Waals surface area contributed by atoms with Crippen LogP contribution in [0, 0.1) is 0 Å². The first kappa shape index (κ1) is 18.4. The number of carboxylic acid groups (broad SMARTS) is 1. The molecule has 1 saturated heterocycles. The highest BCUT2D eigenvalue weighted by Crippen LogP contribution is 2.28. The van der Waals surface area contributed by atoms with E-state index in [-0.39, 0.29) is 28.8 Å². The van der Waals surface area contributed by atoms with Crippen molar-refractivity contribution in [3.8, 4) is 5.75 Å². The van der Waals surface area contributed by atoms with E-state index in [1.807, 2.05) is 13.0 Å². The fourth-order valence-corrected chi connectivity index (χ4v) is 3.13. The molecule has 7 nitrogen and oxygen atoms in total. The molecule has 2 N–H and O–H groups in total. The van der Waals surface area contributed by atoms with Gasteiger partial charge in [-0.05, 0) is 49.7 Å². The lowest BCUT2D eigenvalue weighted by molar-refractivity contribution is -0.117. The van der Waals surface area contributed by atoms with Gasteiger partial charge in [-0.2, -0.15) is 0 Å². The van der Waals surface area contributed by atoms with Crippen molar-refractivity contribution in [1.29, 1.82) is 0 Å². The Hall–Kier alpha value is -3.35. The van der Waals surface area contributed by atoms with Crippen LogP contribution in [0.4, 0.5) is 11.4 Å². The number of nitrogens with zero attached hydrogens (tertiary/aromatic N) is 1. The summed E-state index contributed by atoms with van der Waals surface area (Å²) in [6, 6.07) is 11.2. The molecule has 1 heterocycles. The first-order valence-electron chi connectivity index (χ1n) is 8.55. The minimum atomic E-state index is -1.15. The number of methoxy groups -OCH3 is 1. The van der Waals surface area contributed by atoms with E-state index in [1.54, 1.807) is 23.1 Å². The monoisotopic (exact) mass is 368 g/mol. The lowest BCUT2D eigenvalue weighted by Gasteiger charge is -2.22. The van der Waals surface area contributed by atoms with Crippen LogP contribution in [0.5, 0.6) is 5.75 Å². The maximum absolute atomic E-state index is 12.6. The van der Waals surface area contributed by atoms with Crippen molar-refractivity contribution in [3.63, 3.8) is 0 Å². The van der Waals surface area contributed by atoms with Crippen LogP contribution in [0.15, 0.2) is 42.5 Å². The van der Waals surface area contributed by atoms with E-state index in [0.29, 0.717) is 12.1 Å². The molecule has 1 fully saturated rings. The number of hydrogen-bond donors (Lipinski definition) is 2. The van der Waals surface area contributed by atoms with Crippen molar-refractivity contribution in [2.45, 2.75) is 25.8 Å². The summed E-state index contributed by atoms with van der Waals surface area (Å²) in [6.07, 6.45) is 1.32. The van der Waals surface area contributed by atoms with Gasteiger partial charge in [0.2, 0.25) is 5.91 Å². The van der Waals surface area contributed by atoms with Gasteiger partial charge in [-0.1, -0.05) is 6.07 Å². The van der Waals surface area contributed by atoms with E-state index in [9.17, 15) is 19.5 Å². The van der Waals surface area contributed by atoms with Crippen molar-refractivity contribution < 1.29 is 24.2 Å². The lowest BCUT2D eigenvalue weighted by atomic mass is 10.1. The summed E-state index contributed by atoms with van der Waals surface area (Å²) in [6.45, 7) is 1.99. The summed E-state index contributed by atoms with van der Waals surface area (Å²) < 4.78 is 5.07. The molecule has 0 bridgehead atoms. The van der Waals surface area contributed by atoms with Crippen molar-refractivity contribution >= 4 is 29.2 Å². The van der Waals surface area contributed by atoms with Crippen LogP contribution >= 0.6 is 0 Å². The largest absolute Gasteiger partial charge is 0.497 e. The lowest BCUT2D eigenvalue weighted by Crippen LogP contribution is -2.30. The zero-order valence-electron chi connectivity index (χ0n) is 15.1. The van der Waals surface area contributed by atoms with Crippen molar-refractivity contribution in [3.05, 3.63) is 53.6 Å². The topological polar surface area (TPSA) is 95.9 Å². The van der Waals surface area contributed by atoms with E-state index in [1.165, 1.54) is 25.3 Å². The molecule has 140 valence electrons. The highest BCUT2D eigenvalue weighted by Gasteiger charge is 2.28. The predicted molar refractivity (Wildman–Crippen MR) is 101 cm³/mol. The Balaban J connectivity index is 1.85. The number of nitrogens with one attached hydrogen (secondary N) is 1. The average molecular weight is 368 g/mol. The molecule has 27 heavy (non-hydrogen) atoms. The van der Waals surface area contributed by atoms with Crippen LogP contribution in [-0.4, -0.2) is 36.0 Å². The normalized spacial score (nSPS) is 16.3. The third kappa shape index (κ3) is 3.92. The number of carbonyl (C=O) groups is 3. The molecule has 3 rings (SSSR count). The second kappa shape index (κ2) is 7.49. The molecule has 2 amide bonds. The first-order chi connectivity index (χ1) is 12.9. The molecule has 1 unspecified atom stereocenters. The van der Waals surface area contributed by atoms with Gasteiger partial charge in [0.05, 0.1) is 12.7 Å². The molecule has 2 aromatic rings. The highest BCUT2D eigenvalue weighted by atomic mass is 16.5. The van der Waals surface area contributed by atoms with Crippen LogP contribution in [0.25, 0.3) is 0 Å². The molecule has 7 heteroatoms. The maximum Gasteiger partial charge on any atom is 0.335 e. The third-order valence-corrected chi connectivity index (χ3v) is 4.52. The Morgan fingerprint density at radius 2 is 1.93 bits per heavy atom. The first-order valence-corrected chi connectivity index (χ1v) is 8.55. The minimum Gasteiger partial charge on any atom is -0.497 e. The standard InChI is InChI=1S/C20H20N2O5/c1-12-6-7-18(23)22(12)16-5-3-4-15(11-16)21-19(24)13-8-14(20(25)26)10-17(9-13)27-2/h3-5,8-12H,6-7H2,1-2H3,(H,21,24)(H,25,26). The van der Waals surface area contributed by atoms with Gasteiger partial charge in [0.1, 0.15) is 5.75 Å². The molecule has 2 aromatic carbocycles. The van der Waals surface area contributed by atoms with Crippen LogP contribution in [0.3, 0.4) is 0 Å². The average Bonchev–Trinajstić information content (AvgIpc) is 2.99. The quantitative estimate of drug-likeness (QED) is 0.845. The number of hydrogen-bond acceptors (Lipinski definition) is 4. The minimum absolute atomic E-state index is 0.0373. The molecule has 1 aliphatic heterocycles. The summed E-state index contributed by atoms with van der Waals surface area (Å²) in [5, 5.41) is 11.9.